The Hall–Kier alpha value is -2.92. The van der Waals surface area contributed by atoms with E-state index in [-0.39, 0.29) is 62.1 Å². The molecule has 0 heterocycles. The van der Waals surface area contributed by atoms with Gasteiger partial charge >= 0.3 is 0 Å². The summed E-state index contributed by atoms with van der Waals surface area (Å²) in [6.07, 6.45) is 14.6. The van der Waals surface area contributed by atoms with E-state index in [9.17, 15) is 14.7 Å². The predicted molar refractivity (Wildman–Crippen MR) is 266 cm³/mol. The van der Waals surface area contributed by atoms with Gasteiger partial charge in [0.15, 0.2) is 23.0 Å². The number of carbonyl (C=O) groups excluding carboxylic acids is 2. The molecule has 65 heavy (non-hydrogen) atoms. The summed E-state index contributed by atoms with van der Waals surface area (Å²) in [5.74, 6) is 5.58. The Balaban J connectivity index is 0. The van der Waals surface area contributed by atoms with Crippen molar-refractivity contribution in [3.8, 4) is 23.0 Å². The monoisotopic (exact) mass is 985 g/mol. The Morgan fingerprint density at radius 2 is 1.08 bits per heavy atom. The molecular formula is C54H91N2O8Y-. The smallest absolute Gasteiger partial charge is 0.225 e. The molecule has 0 aliphatic heterocycles. The van der Waals surface area contributed by atoms with Crippen molar-refractivity contribution in [2.45, 2.75) is 107 Å². The van der Waals surface area contributed by atoms with Crippen LogP contribution in [0.2, 0.25) is 0 Å². The van der Waals surface area contributed by atoms with Gasteiger partial charge in [-0.15, -0.1) is 0 Å². The number of rotatable bonds is 27. The third kappa shape index (κ3) is 27.5. The largest absolute Gasteiger partial charge is 0.504 e. The van der Waals surface area contributed by atoms with Crippen LogP contribution in [0.3, 0.4) is 0 Å². The van der Waals surface area contributed by atoms with Crippen LogP contribution in [-0.2, 0) is 64.6 Å². The van der Waals surface area contributed by atoms with E-state index in [4.69, 9.17) is 23.7 Å². The van der Waals surface area contributed by atoms with Crippen LogP contribution in [0.15, 0.2) is 60.7 Å². The van der Waals surface area contributed by atoms with E-state index in [0.29, 0.717) is 67.7 Å². The average molecular weight is 985 g/mol. The molecule has 1 radical (unpaired) electrons. The van der Waals surface area contributed by atoms with Crippen molar-refractivity contribution >= 4 is 11.8 Å². The maximum Gasteiger partial charge on any atom is 0.225 e. The van der Waals surface area contributed by atoms with Crippen LogP contribution >= 0.6 is 0 Å². The van der Waals surface area contributed by atoms with Crippen molar-refractivity contribution in [2.75, 3.05) is 75.9 Å². The first-order valence-corrected chi connectivity index (χ1v) is 23.5. The molecule has 0 spiro atoms. The Morgan fingerprint density at radius 3 is 1.52 bits per heavy atom. The number of aromatic hydroxyl groups is 1. The molecule has 4 atom stereocenters. The number of carbonyl (C=O) groups is 2. The second-order valence-electron chi connectivity index (χ2n) is 18.5. The number of hydrogen-bond acceptors (Lipinski definition) is 8. The number of allylic oxidation sites excluding steroid dienone is 4. The number of amides is 2. The van der Waals surface area contributed by atoms with Crippen molar-refractivity contribution in [3.63, 3.8) is 0 Å². The van der Waals surface area contributed by atoms with Gasteiger partial charge in [0.2, 0.25) is 11.8 Å². The van der Waals surface area contributed by atoms with Crippen molar-refractivity contribution in [3.05, 3.63) is 78.8 Å². The minimum atomic E-state index is 0. The van der Waals surface area contributed by atoms with Gasteiger partial charge in [0.05, 0.1) is 20.3 Å². The van der Waals surface area contributed by atoms with Gasteiger partial charge in [0.1, 0.15) is 0 Å². The van der Waals surface area contributed by atoms with Crippen LogP contribution in [0.25, 0.3) is 0 Å². The van der Waals surface area contributed by atoms with Crippen molar-refractivity contribution < 1.29 is 71.1 Å². The van der Waals surface area contributed by atoms with E-state index in [1.165, 1.54) is 5.56 Å². The minimum Gasteiger partial charge on any atom is -0.504 e. The summed E-state index contributed by atoms with van der Waals surface area (Å²) in [4.78, 5) is 27.4. The standard InChI is InChI=1S/C26H43NO4.C17H27O3.C11H21NO.Y/c1-19(2)22(11-8-9-12-23(20(3)4)26(29)27(5)6)17-21-13-14-24(28)25(18-21)31-16-10-15-30-7;1-13(2)14(3)11-15-7-8-16(19-5)17(12-15)20-10-6-9-18-4;1-6-7-8-10(9(2)3)11(13)12(4)5;/h8-9,13-14,18-20,22-23,28H,10-12,15-17H2,1-7H3;7-8,12-14H,3,6,9-11H2,1-2,4-5H3;6-7,9-10H,8H2,1-5H3;/q;-1;;/b9-8+;;7-6+;/t22-,23+;14-;10-;/m110./s1. The van der Waals surface area contributed by atoms with Gasteiger partial charge < -0.3 is 45.5 Å². The van der Waals surface area contributed by atoms with E-state index >= 15 is 0 Å². The van der Waals surface area contributed by atoms with Crippen LogP contribution in [0.5, 0.6) is 23.0 Å². The van der Waals surface area contributed by atoms with Crippen molar-refractivity contribution in [1.82, 2.24) is 9.80 Å². The normalized spacial score (nSPS) is 13.1. The Bertz CT molecular complexity index is 1610. The SMILES string of the molecule is C/C=C/C[C@H](C(=O)N(C)C)C(C)C.COCCCOc1cc(C[C@@H](C/C=C/C[C@H](C(=O)N(C)C)C(C)C)C(C)C)ccc1O.[CH2-][C@H](Cc1ccc(OC)c(OCCCOC)c1)C(C)C.[Y]. The van der Waals surface area contributed by atoms with Gasteiger partial charge in [-0.3, -0.25) is 9.59 Å². The van der Waals surface area contributed by atoms with Gasteiger partial charge in [0, 0.05) is 113 Å². The first-order valence-electron chi connectivity index (χ1n) is 23.5. The quantitative estimate of drug-likeness (QED) is 0.0536. The molecule has 2 aromatic carbocycles. The molecule has 0 bridgehead atoms. The average Bonchev–Trinajstić information content (AvgIpc) is 3.24. The molecule has 2 amide bonds. The van der Waals surface area contributed by atoms with Crippen molar-refractivity contribution in [1.29, 1.82) is 0 Å². The molecule has 0 saturated heterocycles. The molecule has 0 unspecified atom stereocenters. The Morgan fingerprint density at radius 1 is 0.615 bits per heavy atom. The number of nitrogens with zero attached hydrogens (tertiary/aromatic N) is 2. The molecular weight excluding hydrogens is 894 g/mol. The van der Waals surface area contributed by atoms with Crippen molar-refractivity contribution in [2.24, 2.45) is 47.3 Å². The summed E-state index contributed by atoms with van der Waals surface area (Å²) in [5, 5.41) is 10.1. The summed E-state index contributed by atoms with van der Waals surface area (Å²) >= 11 is 0. The number of ether oxygens (including phenoxy) is 5. The fraction of sp³-hybridized carbons (Fsp3) is 0.648. The van der Waals surface area contributed by atoms with E-state index in [1.54, 1.807) is 37.2 Å². The number of hydrogen-bond donors (Lipinski definition) is 1. The third-order valence-electron chi connectivity index (χ3n) is 11.4. The zero-order valence-corrected chi connectivity index (χ0v) is 46.5. The van der Waals surface area contributed by atoms with Gasteiger partial charge in [0.25, 0.3) is 0 Å². The summed E-state index contributed by atoms with van der Waals surface area (Å²) in [5.41, 5.74) is 2.40. The fourth-order valence-electron chi connectivity index (χ4n) is 6.74. The van der Waals surface area contributed by atoms with E-state index < -0.39 is 0 Å². The molecule has 11 heteroatoms. The van der Waals surface area contributed by atoms with Gasteiger partial charge in [-0.2, -0.15) is 5.92 Å². The molecule has 369 valence electrons. The maximum atomic E-state index is 12.4. The van der Waals surface area contributed by atoms with Gasteiger partial charge in [-0.25, -0.2) is 0 Å². The van der Waals surface area contributed by atoms with E-state index in [0.717, 1.165) is 62.0 Å². The summed E-state index contributed by atoms with van der Waals surface area (Å²) in [6, 6.07) is 11.8. The van der Waals surface area contributed by atoms with Crippen LogP contribution in [0, 0.1) is 54.3 Å². The topological polar surface area (TPSA) is 107 Å². The fourth-order valence-corrected chi connectivity index (χ4v) is 6.74. The van der Waals surface area contributed by atoms with Crippen LogP contribution in [0.1, 0.15) is 106 Å². The molecule has 0 saturated carbocycles. The molecule has 0 fully saturated rings. The molecule has 1 N–H and O–H groups in total. The molecule has 2 rings (SSSR count). The minimum absolute atomic E-state index is 0. The van der Waals surface area contributed by atoms with E-state index in [1.807, 2.05) is 59.4 Å². The molecule has 0 aliphatic rings. The van der Waals surface area contributed by atoms with Gasteiger partial charge in [-0.1, -0.05) is 104 Å². The zero-order valence-electron chi connectivity index (χ0n) is 43.7. The van der Waals surface area contributed by atoms with E-state index in [2.05, 4.69) is 92.7 Å². The van der Waals surface area contributed by atoms with Crippen LogP contribution in [-0.4, -0.2) is 103 Å². The second kappa shape index (κ2) is 37.1. The third-order valence-corrected chi connectivity index (χ3v) is 11.4. The van der Waals surface area contributed by atoms with Crippen LogP contribution in [0.4, 0.5) is 0 Å². The maximum absolute atomic E-state index is 12.4. The predicted octanol–water partition coefficient (Wildman–Crippen LogP) is 11.4. The Labute approximate surface area is 422 Å². The number of benzene rings is 2. The Kier molecular flexibility index (Phi) is 36.6. The van der Waals surface area contributed by atoms with Crippen LogP contribution < -0.4 is 14.2 Å². The second-order valence-corrected chi connectivity index (χ2v) is 18.5. The summed E-state index contributed by atoms with van der Waals surface area (Å²) in [6.45, 7) is 26.0. The first kappa shape index (κ1) is 64.2. The molecule has 2 aromatic rings. The number of phenols is 1. The molecule has 10 nitrogen and oxygen atoms in total. The number of phenolic OH excluding ortho intramolecular Hbond substituents is 1. The summed E-state index contributed by atoms with van der Waals surface area (Å²) < 4.78 is 26.9. The van der Waals surface area contributed by atoms with Gasteiger partial charge in [-0.05, 0) is 91.7 Å². The zero-order chi connectivity index (χ0) is 48.8. The first-order chi connectivity index (χ1) is 30.2. The molecule has 0 aliphatic carbocycles. The summed E-state index contributed by atoms with van der Waals surface area (Å²) in [7, 11) is 12.3. The number of methoxy groups -OCH3 is 3. The molecule has 0 aromatic heterocycles.